The molecule has 2 heteroatoms. The van der Waals surface area contributed by atoms with E-state index < -0.39 is 0 Å². The number of rotatable bonds is 3. The molecule has 0 saturated heterocycles. The number of aldehydes is 1. The third-order valence-electron chi connectivity index (χ3n) is 3.31. The van der Waals surface area contributed by atoms with E-state index in [0.29, 0.717) is 6.04 Å². The lowest BCUT2D eigenvalue weighted by molar-refractivity contribution is 0.112. The molecule has 1 aromatic carbocycles. The van der Waals surface area contributed by atoms with Crippen LogP contribution in [0.5, 0.6) is 0 Å². The number of nitrogens with zero attached hydrogens (tertiary/aromatic N) is 1. The first kappa shape index (κ1) is 10.2. The summed E-state index contributed by atoms with van der Waals surface area (Å²) in [5.41, 5.74) is 1.96. The monoisotopic (exact) mass is 203 g/mol. The summed E-state index contributed by atoms with van der Waals surface area (Å²) in [5, 5.41) is 0. The van der Waals surface area contributed by atoms with Gasteiger partial charge in [0.2, 0.25) is 0 Å². The molecule has 1 fully saturated rings. The first-order valence-corrected chi connectivity index (χ1v) is 5.59. The Morgan fingerprint density at radius 3 is 2.33 bits per heavy atom. The second kappa shape index (κ2) is 4.47. The Morgan fingerprint density at radius 1 is 1.20 bits per heavy atom. The predicted octanol–water partition coefficient (Wildman–Crippen LogP) is 2.88. The van der Waals surface area contributed by atoms with Gasteiger partial charge in [0.15, 0.2) is 0 Å². The molecular weight excluding hydrogens is 186 g/mol. The van der Waals surface area contributed by atoms with Crippen LogP contribution in [0.15, 0.2) is 24.3 Å². The summed E-state index contributed by atoms with van der Waals surface area (Å²) in [6.45, 7) is 0. The van der Waals surface area contributed by atoms with Crippen LogP contribution in [0.4, 0.5) is 5.69 Å². The van der Waals surface area contributed by atoms with Crippen molar-refractivity contribution in [2.24, 2.45) is 0 Å². The van der Waals surface area contributed by atoms with E-state index >= 15 is 0 Å². The Bertz CT molecular complexity index is 325. The fourth-order valence-electron chi connectivity index (χ4n) is 2.29. The van der Waals surface area contributed by atoms with Crippen LogP contribution in [-0.4, -0.2) is 19.4 Å². The van der Waals surface area contributed by atoms with E-state index in [0.717, 1.165) is 11.8 Å². The minimum absolute atomic E-state index is 0.687. The van der Waals surface area contributed by atoms with Crippen molar-refractivity contribution in [2.75, 3.05) is 11.9 Å². The third-order valence-corrected chi connectivity index (χ3v) is 3.31. The highest BCUT2D eigenvalue weighted by molar-refractivity contribution is 5.75. The van der Waals surface area contributed by atoms with Crippen LogP contribution in [0.3, 0.4) is 0 Å². The van der Waals surface area contributed by atoms with E-state index in [1.54, 1.807) is 0 Å². The number of benzene rings is 1. The molecule has 1 aliphatic carbocycles. The second-order valence-electron chi connectivity index (χ2n) is 4.26. The van der Waals surface area contributed by atoms with E-state index in [1.165, 1.54) is 31.4 Å². The van der Waals surface area contributed by atoms with E-state index in [9.17, 15) is 4.79 Å². The van der Waals surface area contributed by atoms with Gasteiger partial charge in [0.25, 0.3) is 0 Å². The maximum atomic E-state index is 10.5. The topological polar surface area (TPSA) is 20.3 Å². The molecule has 0 unspecified atom stereocenters. The van der Waals surface area contributed by atoms with Gasteiger partial charge in [-0.2, -0.15) is 0 Å². The smallest absolute Gasteiger partial charge is 0.150 e. The van der Waals surface area contributed by atoms with E-state index in [4.69, 9.17) is 0 Å². The lowest BCUT2D eigenvalue weighted by atomic mass is 10.1. The Balaban J connectivity index is 2.10. The molecule has 1 aromatic rings. The van der Waals surface area contributed by atoms with Crippen LogP contribution >= 0.6 is 0 Å². The summed E-state index contributed by atoms with van der Waals surface area (Å²) in [6, 6.07) is 8.51. The zero-order chi connectivity index (χ0) is 10.7. The molecule has 2 rings (SSSR count). The molecule has 0 spiro atoms. The van der Waals surface area contributed by atoms with Gasteiger partial charge in [0.1, 0.15) is 6.29 Å². The number of hydrogen-bond acceptors (Lipinski definition) is 2. The van der Waals surface area contributed by atoms with E-state index in [2.05, 4.69) is 11.9 Å². The molecule has 0 radical (unpaired) electrons. The minimum atomic E-state index is 0.687. The molecule has 1 aliphatic rings. The lowest BCUT2D eigenvalue weighted by Gasteiger charge is -2.26. The highest BCUT2D eigenvalue weighted by atomic mass is 16.1. The minimum Gasteiger partial charge on any atom is -0.372 e. The summed E-state index contributed by atoms with van der Waals surface area (Å²) in [7, 11) is 2.14. The average molecular weight is 203 g/mol. The summed E-state index contributed by atoms with van der Waals surface area (Å²) >= 11 is 0. The summed E-state index contributed by atoms with van der Waals surface area (Å²) in [5.74, 6) is 0. The van der Waals surface area contributed by atoms with Gasteiger partial charge in [-0.15, -0.1) is 0 Å². The first-order chi connectivity index (χ1) is 7.31. The van der Waals surface area contributed by atoms with Gasteiger partial charge >= 0.3 is 0 Å². The van der Waals surface area contributed by atoms with Crippen LogP contribution in [-0.2, 0) is 0 Å². The molecule has 0 heterocycles. The van der Waals surface area contributed by atoms with Crippen molar-refractivity contribution in [1.29, 1.82) is 0 Å². The van der Waals surface area contributed by atoms with Crippen molar-refractivity contribution < 1.29 is 4.79 Å². The normalized spacial score (nSPS) is 16.6. The van der Waals surface area contributed by atoms with Crippen molar-refractivity contribution in [3.8, 4) is 0 Å². The summed E-state index contributed by atoms with van der Waals surface area (Å²) in [6.07, 6.45) is 6.18. The molecule has 0 aliphatic heterocycles. The molecule has 2 nitrogen and oxygen atoms in total. The van der Waals surface area contributed by atoms with E-state index in [1.807, 2.05) is 24.3 Å². The third kappa shape index (κ3) is 2.20. The van der Waals surface area contributed by atoms with Crippen LogP contribution in [0.2, 0.25) is 0 Å². The fraction of sp³-hybridized carbons (Fsp3) is 0.462. The molecule has 0 aromatic heterocycles. The van der Waals surface area contributed by atoms with Crippen molar-refractivity contribution in [3.63, 3.8) is 0 Å². The first-order valence-electron chi connectivity index (χ1n) is 5.59. The number of anilines is 1. The summed E-state index contributed by atoms with van der Waals surface area (Å²) in [4.78, 5) is 12.9. The Morgan fingerprint density at radius 2 is 1.80 bits per heavy atom. The SMILES string of the molecule is CN(c1ccc(C=O)cc1)C1CCCC1. The van der Waals surface area contributed by atoms with Gasteiger partial charge in [0.05, 0.1) is 0 Å². The lowest BCUT2D eigenvalue weighted by Crippen LogP contribution is -2.28. The van der Waals surface area contributed by atoms with Gasteiger partial charge in [-0.1, -0.05) is 12.8 Å². The molecule has 1 saturated carbocycles. The molecule has 80 valence electrons. The Hall–Kier alpha value is -1.31. The molecular formula is C13H17NO. The second-order valence-corrected chi connectivity index (χ2v) is 4.26. The van der Waals surface area contributed by atoms with Crippen LogP contribution in [0, 0.1) is 0 Å². The highest BCUT2D eigenvalue weighted by Gasteiger charge is 2.19. The Labute approximate surface area is 90.9 Å². The highest BCUT2D eigenvalue weighted by Crippen LogP contribution is 2.26. The van der Waals surface area contributed by atoms with Crippen LogP contribution in [0.25, 0.3) is 0 Å². The van der Waals surface area contributed by atoms with E-state index in [-0.39, 0.29) is 0 Å². The van der Waals surface area contributed by atoms with Crippen molar-refractivity contribution in [3.05, 3.63) is 29.8 Å². The van der Waals surface area contributed by atoms with Gasteiger partial charge in [0, 0.05) is 24.3 Å². The van der Waals surface area contributed by atoms with Crippen molar-refractivity contribution in [1.82, 2.24) is 0 Å². The zero-order valence-electron chi connectivity index (χ0n) is 9.15. The van der Waals surface area contributed by atoms with Gasteiger partial charge in [-0.3, -0.25) is 4.79 Å². The number of hydrogen-bond donors (Lipinski definition) is 0. The maximum absolute atomic E-state index is 10.5. The zero-order valence-corrected chi connectivity index (χ0v) is 9.15. The molecule has 0 bridgehead atoms. The van der Waals surface area contributed by atoms with Crippen LogP contribution < -0.4 is 4.90 Å². The predicted molar refractivity (Wildman–Crippen MR) is 62.5 cm³/mol. The quantitative estimate of drug-likeness (QED) is 0.704. The Kier molecular flexibility index (Phi) is 3.05. The number of carbonyl (C=O) groups excluding carboxylic acids is 1. The molecule has 0 atom stereocenters. The van der Waals surface area contributed by atoms with Gasteiger partial charge < -0.3 is 4.90 Å². The summed E-state index contributed by atoms with van der Waals surface area (Å²) < 4.78 is 0. The van der Waals surface area contributed by atoms with Gasteiger partial charge in [-0.05, 0) is 37.1 Å². The van der Waals surface area contributed by atoms with Crippen LogP contribution in [0.1, 0.15) is 36.0 Å². The molecule has 0 N–H and O–H groups in total. The fourth-order valence-corrected chi connectivity index (χ4v) is 2.29. The molecule has 0 amide bonds. The van der Waals surface area contributed by atoms with Crippen molar-refractivity contribution in [2.45, 2.75) is 31.7 Å². The standard InChI is InChI=1S/C13H17NO/c1-14(12-4-2-3-5-12)13-8-6-11(10-15)7-9-13/h6-10,12H,2-5H2,1H3. The number of carbonyl (C=O) groups is 1. The van der Waals surface area contributed by atoms with Gasteiger partial charge in [-0.25, -0.2) is 0 Å². The van der Waals surface area contributed by atoms with Crippen molar-refractivity contribution >= 4 is 12.0 Å². The largest absolute Gasteiger partial charge is 0.372 e. The average Bonchev–Trinajstić information content (AvgIpc) is 2.82. The maximum Gasteiger partial charge on any atom is 0.150 e. The molecule has 15 heavy (non-hydrogen) atoms.